The predicted molar refractivity (Wildman–Crippen MR) is 86.0 cm³/mol. The van der Waals surface area contributed by atoms with Gasteiger partial charge in [0.1, 0.15) is 24.4 Å². The van der Waals surface area contributed by atoms with Gasteiger partial charge in [0.05, 0.1) is 0 Å². The summed E-state index contributed by atoms with van der Waals surface area (Å²) in [6.45, 7) is 3.52. The van der Waals surface area contributed by atoms with Crippen molar-refractivity contribution in [3.63, 3.8) is 0 Å². The van der Waals surface area contributed by atoms with Crippen molar-refractivity contribution in [2.45, 2.75) is 32.6 Å². The summed E-state index contributed by atoms with van der Waals surface area (Å²) >= 11 is 0. The van der Waals surface area contributed by atoms with E-state index in [0.717, 1.165) is 10.5 Å². The highest BCUT2D eigenvalue weighted by atomic mass is 16.8. The molecule has 130 valence electrons. The lowest BCUT2D eigenvalue weighted by Crippen LogP contribution is -2.42. The molecular weight excluding hydrogens is 312 g/mol. The SMILES string of the molecule is CC(C)C(=C=O)N(C)C(=O)ON1COC(O)C1Cc1ccccc1. The van der Waals surface area contributed by atoms with Crippen LogP contribution in [-0.2, 0) is 20.8 Å². The summed E-state index contributed by atoms with van der Waals surface area (Å²) < 4.78 is 5.17. The van der Waals surface area contributed by atoms with Crippen molar-refractivity contribution < 1.29 is 24.3 Å². The fourth-order valence-electron chi connectivity index (χ4n) is 2.48. The molecular formula is C17H22N2O5. The molecule has 2 atom stereocenters. The van der Waals surface area contributed by atoms with Gasteiger partial charge in [0, 0.05) is 13.0 Å². The van der Waals surface area contributed by atoms with E-state index in [4.69, 9.17) is 9.57 Å². The zero-order valence-electron chi connectivity index (χ0n) is 14.0. The number of benzene rings is 1. The Hall–Kier alpha value is -2.18. The quantitative estimate of drug-likeness (QED) is 0.823. The van der Waals surface area contributed by atoms with Crippen molar-refractivity contribution in [1.82, 2.24) is 9.96 Å². The summed E-state index contributed by atoms with van der Waals surface area (Å²) in [5, 5.41) is 11.3. The molecule has 0 aliphatic carbocycles. The summed E-state index contributed by atoms with van der Waals surface area (Å²) in [5.74, 6) is 1.59. The molecule has 1 aromatic carbocycles. The van der Waals surface area contributed by atoms with Gasteiger partial charge in [-0.1, -0.05) is 44.2 Å². The van der Waals surface area contributed by atoms with Gasteiger partial charge in [0.2, 0.25) is 0 Å². The smallest absolute Gasteiger partial charge is 0.366 e. The number of amides is 1. The molecule has 2 rings (SSSR count). The number of ether oxygens (including phenoxy) is 1. The Labute approximate surface area is 141 Å². The van der Waals surface area contributed by atoms with Crippen molar-refractivity contribution >= 4 is 12.0 Å². The number of hydrogen-bond acceptors (Lipinski definition) is 6. The molecule has 0 spiro atoms. The van der Waals surface area contributed by atoms with Crippen molar-refractivity contribution in [2.75, 3.05) is 13.8 Å². The van der Waals surface area contributed by atoms with Crippen LogP contribution < -0.4 is 0 Å². The zero-order valence-corrected chi connectivity index (χ0v) is 14.0. The second-order valence-corrected chi connectivity index (χ2v) is 5.92. The Balaban J connectivity index is 2.04. The lowest BCUT2D eigenvalue weighted by molar-refractivity contribution is -0.134. The minimum atomic E-state index is -1.06. The highest BCUT2D eigenvalue weighted by molar-refractivity contribution is 5.73. The molecule has 0 aromatic heterocycles. The van der Waals surface area contributed by atoms with E-state index < -0.39 is 18.4 Å². The molecule has 0 radical (unpaired) electrons. The van der Waals surface area contributed by atoms with E-state index in [9.17, 15) is 14.7 Å². The first-order valence-electron chi connectivity index (χ1n) is 7.75. The first-order chi connectivity index (χ1) is 11.4. The van der Waals surface area contributed by atoms with Gasteiger partial charge in [0.25, 0.3) is 0 Å². The summed E-state index contributed by atoms with van der Waals surface area (Å²) in [5.41, 5.74) is 1.18. The van der Waals surface area contributed by atoms with Crippen LogP contribution in [0.5, 0.6) is 0 Å². The summed E-state index contributed by atoms with van der Waals surface area (Å²) in [4.78, 5) is 29.6. The Morgan fingerprint density at radius 2 is 2.12 bits per heavy atom. The van der Waals surface area contributed by atoms with Gasteiger partial charge in [-0.3, -0.25) is 4.90 Å². The van der Waals surface area contributed by atoms with Crippen LogP contribution in [0, 0.1) is 5.92 Å². The Morgan fingerprint density at radius 3 is 2.71 bits per heavy atom. The molecule has 1 N–H and O–H groups in total. The number of rotatable bonds is 5. The van der Waals surface area contributed by atoms with Crippen molar-refractivity contribution in [3.8, 4) is 0 Å². The molecule has 1 heterocycles. The summed E-state index contributed by atoms with van der Waals surface area (Å²) in [6, 6.07) is 9.01. The Morgan fingerprint density at radius 1 is 1.46 bits per heavy atom. The standard InChI is InChI=1S/C17H22N2O5/c1-12(2)15(10-20)18(3)17(22)24-19-11-23-16(21)14(19)9-13-7-5-4-6-8-13/h4-8,12,14,16,21H,9,11H2,1-3H3. The molecule has 2 unspecified atom stereocenters. The average molecular weight is 334 g/mol. The van der Waals surface area contributed by atoms with Gasteiger partial charge in [-0.2, -0.15) is 0 Å². The molecule has 1 aromatic rings. The van der Waals surface area contributed by atoms with E-state index in [2.05, 4.69) is 0 Å². The summed E-state index contributed by atoms with van der Waals surface area (Å²) in [7, 11) is 1.45. The molecule has 1 aliphatic rings. The first-order valence-corrected chi connectivity index (χ1v) is 7.75. The largest absolute Gasteiger partial charge is 0.433 e. The van der Waals surface area contributed by atoms with E-state index in [1.807, 2.05) is 30.3 Å². The van der Waals surface area contributed by atoms with Crippen LogP contribution in [0.3, 0.4) is 0 Å². The van der Waals surface area contributed by atoms with Gasteiger partial charge < -0.3 is 14.7 Å². The highest BCUT2D eigenvalue weighted by Crippen LogP contribution is 2.21. The molecule has 24 heavy (non-hydrogen) atoms. The van der Waals surface area contributed by atoms with Gasteiger partial charge in [-0.05, 0) is 12.0 Å². The van der Waals surface area contributed by atoms with E-state index in [0.29, 0.717) is 6.42 Å². The van der Waals surface area contributed by atoms with E-state index >= 15 is 0 Å². The lowest BCUT2D eigenvalue weighted by atomic mass is 10.1. The molecule has 1 fully saturated rings. The monoisotopic (exact) mass is 334 g/mol. The zero-order chi connectivity index (χ0) is 17.7. The second-order valence-electron chi connectivity index (χ2n) is 5.92. The fourth-order valence-corrected chi connectivity index (χ4v) is 2.48. The van der Waals surface area contributed by atoms with Crippen LogP contribution in [0.4, 0.5) is 4.79 Å². The average Bonchev–Trinajstić information content (AvgIpc) is 2.89. The van der Waals surface area contributed by atoms with Crippen LogP contribution in [0.2, 0.25) is 0 Å². The van der Waals surface area contributed by atoms with Crippen LogP contribution >= 0.6 is 0 Å². The van der Waals surface area contributed by atoms with Crippen molar-refractivity contribution in [3.05, 3.63) is 41.6 Å². The Kier molecular flexibility index (Phi) is 6.11. The normalized spacial score (nSPS) is 20.7. The number of hydrogen-bond donors (Lipinski definition) is 1. The van der Waals surface area contributed by atoms with Crippen LogP contribution in [0.15, 0.2) is 36.0 Å². The van der Waals surface area contributed by atoms with Crippen molar-refractivity contribution in [1.29, 1.82) is 0 Å². The number of carbonyl (C=O) groups excluding carboxylic acids is 2. The molecule has 0 bridgehead atoms. The highest BCUT2D eigenvalue weighted by Gasteiger charge is 2.37. The third-order valence-electron chi connectivity index (χ3n) is 3.84. The van der Waals surface area contributed by atoms with Crippen LogP contribution in [-0.4, -0.2) is 53.2 Å². The predicted octanol–water partition coefficient (Wildman–Crippen LogP) is 1.56. The first kappa shape index (κ1) is 18.2. The maximum absolute atomic E-state index is 12.2. The van der Waals surface area contributed by atoms with E-state index in [1.165, 1.54) is 12.1 Å². The molecule has 7 heteroatoms. The van der Waals surface area contributed by atoms with E-state index in [1.54, 1.807) is 19.8 Å². The van der Waals surface area contributed by atoms with E-state index in [-0.39, 0.29) is 18.3 Å². The van der Waals surface area contributed by atoms with Crippen LogP contribution in [0.25, 0.3) is 0 Å². The minimum Gasteiger partial charge on any atom is -0.366 e. The third-order valence-corrected chi connectivity index (χ3v) is 3.84. The number of carbonyl (C=O) groups is 1. The fraction of sp³-hybridized carbons (Fsp3) is 0.471. The van der Waals surface area contributed by atoms with Gasteiger partial charge in [-0.25, -0.2) is 9.59 Å². The van der Waals surface area contributed by atoms with Crippen LogP contribution in [0.1, 0.15) is 19.4 Å². The van der Waals surface area contributed by atoms with Gasteiger partial charge in [0.15, 0.2) is 6.29 Å². The number of aliphatic hydroxyl groups excluding tert-OH is 1. The maximum Gasteiger partial charge on any atom is 0.433 e. The second kappa shape index (κ2) is 8.08. The lowest BCUT2D eigenvalue weighted by Gasteiger charge is -2.26. The maximum atomic E-state index is 12.2. The number of allylic oxidation sites excluding steroid dienone is 1. The van der Waals surface area contributed by atoms with Crippen molar-refractivity contribution in [2.24, 2.45) is 5.92 Å². The number of nitrogens with zero attached hydrogens (tertiary/aromatic N) is 2. The molecule has 1 saturated heterocycles. The molecule has 7 nitrogen and oxygen atoms in total. The summed E-state index contributed by atoms with van der Waals surface area (Å²) in [6.07, 6.45) is -1.33. The minimum absolute atomic E-state index is 0.0416. The number of hydroxylamine groups is 2. The van der Waals surface area contributed by atoms with Gasteiger partial charge in [-0.15, -0.1) is 5.06 Å². The molecule has 0 saturated carbocycles. The third kappa shape index (κ3) is 4.21. The Bertz CT molecular complexity index is 613. The van der Waals surface area contributed by atoms with Gasteiger partial charge >= 0.3 is 6.09 Å². The number of aliphatic hydroxyl groups is 1. The molecule has 1 amide bonds. The topological polar surface area (TPSA) is 79.3 Å². The molecule has 1 aliphatic heterocycles.